The summed E-state index contributed by atoms with van der Waals surface area (Å²) in [6.45, 7) is 2.95. The van der Waals surface area contributed by atoms with E-state index in [-0.39, 0.29) is 0 Å². The highest BCUT2D eigenvalue weighted by Gasteiger charge is 2.35. The summed E-state index contributed by atoms with van der Waals surface area (Å²) in [7, 11) is 0. The third kappa shape index (κ3) is 3.75. The number of halogens is 4. The average Bonchev–Trinajstić information content (AvgIpc) is 2.45. The predicted molar refractivity (Wildman–Crippen MR) is 71.1 cm³/mol. The summed E-state index contributed by atoms with van der Waals surface area (Å²) in [6.07, 6.45) is -1.13. The van der Waals surface area contributed by atoms with Crippen molar-refractivity contribution >= 4 is 0 Å². The second-order valence-corrected chi connectivity index (χ2v) is 4.82. The van der Waals surface area contributed by atoms with Crippen LogP contribution in [0.2, 0.25) is 0 Å². The van der Waals surface area contributed by atoms with Crippen LogP contribution in [0.3, 0.4) is 0 Å². The molecule has 2 nitrogen and oxygen atoms in total. The maximum atomic E-state index is 13.4. The molecule has 0 aromatic heterocycles. The Kier molecular flexibility index (Phi) is 4.88. The van der Waals surface area contributed by atoms with Gasteiger partial charge in [-0.15, -0.1) is 0 Å². The van der Waals surface area contributed by atoms with Crippen LogP contribution in [0.1, 0.15) is 36.9 Å². The molecular formula is C15H17F4NO. The van der Waals surface area contributed by atoms with Crippen LogP contribution in [0, 0.1) is 5.82 Å². The summed E-state index contributed by atoms with van der Waals surface area (Å²) < 4.78 is 57.3. The van der Waals surface area contributed by atoms with E-state index in [0.29, 0.717) is 24.5 Å². The van der Waals surface area contributed by atoms with Crippen LogP contribution in [0.4, 0.5) is 17.6 Å². The van der Waals surface area contributed by atoms with Crippen molar-refractivity contribution in [1.29, 1.82) is 0 Å². The molecule has 0 amide bonds. The summed E-state index contributed by atoms with van der Waals surface area (Å²) in [4.78, 5) is 0. The summed E-state index contributed by atoms with van der Waals surface area (Å²) in [5.74, 6) is -0.664. The lowest BCUT2D eigenvalue weighted by Crippen LogP contribution is -2.26. The fraction of sp³-hybridized carbons (Fsp3) is 0.467. The van der Waals surface area contributed by atoms with E-state index < -0.39 is 23.6 Å². The lowest BCUT2D eigenvalue weighted by Gasteiger charge is -2.25. The average molecular weight is 303 g/mol. The van der Waals surface area contributed by atoms with Crippen molar-refractivity contribution in [2.45, 2.75) is 32.0 Å². The monoisotopic (exact) mass is 303 g/mol. The van der Waals surface area contributed by atoms with Gasteiger partial charge in [-0.3, -0.25) is 0 Å². The molecule has 1 aromatic carbocycles. The molecule has 1 unspecified atom stereocenters. The number of likely N-dealkylation sites (N-methyl/N-ethyl adjacent to an activating group) is 1. The van der Waals surface area contributed by atoms with Gasteiger partial charge in [0.15, 0.2) is 0 Å². The van der Waals surface area contributed by atoms with Gasteiger partial charge in [0.25, 0.3) is 0 Å². The van der Waals surface area contributed by atoms with Crippen molar-refractivity contribution in [2.24, 2.45) is 0 Å². The normalized spacial score (nSPS) is 17.1. The SMILES string of the molecule is CCNC(C1=CCCCO1)c1ccc(F)c(C(F)(F)F)c1. The summed E-state index contributed by atoms with van der Waals surface area (Å²) in [5, 5.41) is 3.08. The number of allylic oxidation sites excluding steroid dienone is 1. The molecule has 0 aliphatic carbocycles. The van der Waals surface area contributed by atoms with E-state index in [1.54, 1.807) is 0 Å². The zero-order chi connectivity index (χ0) is 15.5. The first-order valence-corrected chi connectivity index (χ1v) is 6.86. The van der Waals surface area contributed by atoms with Gasteiger partial charge in [0.1, 0.15) is 11.6 Å². The van der Waals surface area contributed by atoms with Crippen LogP contribution < -0.4 is 5.32 Å². The third-order valence-electron chi connectivity index (χ3n) is 3.28. The lowest BCUT2D eigenvalue weighted by atomic mass is 10.00. The fourth-order valence-electron chi connectivity index (χ4n) is 2.30. The zero-order valence-electron chi connectivity index (χ0n) is 11.6. The molecule has 0 spiro atoms. The van der Waals surface area contributed by atoms with Crippen molar-refractivity contribution in [1.82, 2.24) is 5.32 Å². The first kappa shape index (κ1) is 15.8. The lowest BCUT2D eigenvalue weighted by molar-refractivity contribution is -0.140. The first-order chi connectivity index (χ1) is 9.93. The minimum atomic E-state index is -4.71. The van der Waals surface area contributed by atoms with E-state index in [0.717, 1.165) is 25.0 Å². The maximum Gasteiger partial charge on any atom is 0.419 e. The largest absolute Gasteiger partial charge is 0.496 e. The molecule has 0 saturated carbocycles. The van der Waals surface area contributed by atoms with E-state index in [1.165, 1.54) is 6.07 Å². The molecule has 1 N–H and O–H groups in total. The molecule has 1 aliphatic rings. The van der Waals surface area contributed by atoms with Crippen molar-refractivity contribution in [2.75, 3.05) is 13.2 Å². The Labute approximate surface area is 120 Å². The van der Waals surface area contributed by atoms with Gasteiger partial charge in [0, 0.05) is 0 Å². The number of alkyl halides is 3. The molecule has 1 aromatic rings. The number of rotatable bonds is 4. The van der Waals surface area contributed by atoms with Crippen LogP contribution in [-0.4, -0.2) is 13.2 Å². The Hall–Kier alpha value is -1.56. The number of hydrogen-bond donors (Lipinski definition) is 1. The highest BCUT2D eigenvalue weighted by atomic mass is 19.4. The Balaban J connectivity index is 2.38. The third-order valence-corrected chi connectivity index (χ3v) is 3.28. The van der Waals surface area contributed by atoms with Crippen LogP contribution in [-0.2, 0) is 10.9 Å². The highest BCUT2D eigenvalue weighted by molar-refractivity contribution is 5.33. The second-order valence-electron chi connectivity index (χ2n) is 4.82. The summed E-state index contributed by atoms with van der Waals surface area (Å²) in [5.41, 5.74) is -0.905. The van der Waals surface area contributed by atoms with Gasteiger partial charge in [-0.2, -0.15) is 13.2 Å². The molecule has 0 fully saturated rings. The Morgan fingerprint density at radius 3 is 2.67 bits per heavy atom. The summed E-state index contributed by atoms with van der Waals surface area (Å²) in [6, 6.07) is 2.57. The van der Waals surface area contributed by atoms with Gasteiger partial charge < -0.3 is 10.1 Å². The summed E-state index contributed by atoms with van der Waals surface area (Å²) >= 11 is 0. The van der Waals surface area contributed by atoms with Crippen molar-refractivity contribution in [3.05, 3.63) is 47.0 Å². The molecule has 0 saturated heterocycles. The molecule has 1 aliphatic heterocycles. The highest BCUT2D eigenvalue weighted by Crippen LogP contribution is 2.34. The van der Waals surface area contributed by atoms with Gasteiger partial charge in [-0.1, -0.05) is 13.0 Å². The topological polar surface area (TPSA) is 21.3 Å². The number of benzene rings is 1. The molecule has 0 bridgehead atoms. The Morgan fingerprint density at radius 2 is 2.10 bits per heavy atom. The second kappa shape index (κ2) is 6.47. The molecular weight excluding hydrogens is 286 g/mol. The van der Waals surface area contributed by atoms with Crippen LogP contribution in [0.15, 0.2) is 30.0 Å². The smallest absolute Gasteiger partial charge is 0.419 e. The Morgan fingerprint density at radius 1 is 1.33 bits per heavy atom. The molecule has 0 radical (unpaired) electrons. The van der Waals surface area contributed by atoms with Gasteiger partial charge in [-0.05, 0) is 43.2 Å². The van der Waals surface area contributed by atoms with Gasteiger partial charge in [0.05, 0.1) is 18.2 Å². The fourth-order valence-corrected chi connectivity index (χ4v) is 2.30. The maximum absolute atomic E-state index is 13.4. The van der Waals surface area contributed by atoms with Gasteiger partial charge >= 0.3 is 6.18 Å². The van der Waals surface area contributed by atoms with E-state index in [4.69, 9.17) is 4.74 Å². The van der Waals surface area contributed by atoms with Crippen LogP contribution in [0.5, 0.6) is 0 Å². The minimum Gasteiger partial charge on any atom is -0.496 e. The van der Waals surface area contributed by atoms with Gasteiger partial charge in [0.2, 0.25) is 0 Å². The van der Waals surface area contributed by atoms with Crippen LogP contribution >= 0.6 is 0 Å². The van der Waals surface area contributed by atoms with Gasteiger partial charge in [-0.25, -0.2) is 4.39 Å². The van der Waals surface area contributed by atoms with Crippen LogP contribution in [0.25, 0.3) is 0 Å². The molecule has 1 atom stereocenters. The number of hydrogen-bond acceptors (Lipinski definition) is 2. The van der Waals surface area contributed by atoms with E-state index >= 15 is 0 Å². The van der Waals surface area contributed by atoms with E-state index in [9.17, 15) is 17.6 Å². The standard InChI is InChI=1S/C15H17F4NO/c1-2-20-14(13-5-3-4-8-21-13)10-6-7-12(16)11(9-10)15(17,18)19/h5-7,9,14,20H,2-4,8H2,1H3. The van der Waals surface area contributed by atoms with Crippen molar-refractivity contribution < 1.29 is 22.3 Å². The molecule has 1 heterocycles. The number of ether oxygens (including phenoxy) is 1. The molecule has 2 rings (SSSR count). The quantitative estimate of drug-likeness (QED) is 0.842. The van der Waals surface area contributed by atoms with E-state index in [1.807, 2.05) is 13.0 Å². The zero-order valence-corrected chi connectivity index (χ0v) is 11.6. The van der Waals surface area contributed by atoms with E-state index in [2.05, 4.69) is 5.32 Å². The van der Waals surface area contributed by atoms with Crippen molar-refractivity contribution in [3.8, 4) is 0 Å². The molecule has 21 heavy (non-hydrogen) atoms. The predicted octanol–water partition coefficient (Wildman–Crippen LogP) is 4.19. The molecule has 6 heteroatoms. The van der Waals surface area contributed by atoms with Crippen molar-refractivity contribution in [3.63, 3.8) is 0 Å². The first-order valence-electron chi connectivity index (χ1n) is 6.86. The number of nitrogens with one attached hydrogen (secondary N) is 1. The Bertz CT molecular complexity index is 525. The minimum absolute atomic E-state index is 0.346. The molecule has 116 valence electrons.